The molecule has 0 fully saturated rings. The standard InChI is InChI=1S/C13H11ClN2OS2/c1-8-9(14)4-2-5-10(8)15-13(18)16-12(17)11-6-3-7-19-11/h2-7H,1H3,(H2,15,16,17,18). The largest absolute Gasteiger partial charge is 0.332 e. The van der Waals surface area contributed by atoms with E-state index < -0.39 is 0 Å². The van der Waals surface area contributed by atoms with Gasteiger partial charge >= 0.3 is 0 Å². The first-order valence-corrected chi connectivity index (χ1v) is 7.15. The normalized spacial score (nSPS) is 10.0. The van der Waals surface area contributed by atoms with Crippen LogP contribution in [0.25, 0.3) is 0 Å². The van der Waals surface area contributed by atoms with Crippen molar-refractivity contribution in [1.29, 1.82) is 0 Å². The van der Waals surface area contributed by atoms with Crippen molar-refractivity contribution in [2.75, 3.05) is 5.32 Å². The molecule has 2 N–H and O–H groups in total. The molecule has 0 saturated carbocycles. The highest BCUT2D eigenvalue weighted by atomic mass is 35.5. The van der Waals surface area contributed by atoms with Crippen LogP contribution in [0.15, 0.2) is 35.7 Å². The molecule has 6 heteroatoms. The number of rotatable bonds is 2. The number of thiocarbonyl (C=S) groups is 1. The van der Waals surface area contributed by atoms with Crippen LogP contribution >= 0.6 is 35.2 Å². The van der Waals surface area contributed by atoms with Crippen molar-refractivity contribution in [3.8, 4) is 0 Å². The van der Waals surface area contributed by atoms with E-state index in [0.717, 1.165) is 11.3 Å². The van der Waals surface area contributed by atoms with E-state index in [9.17, 15) is 4.79 Å². The van der Waals surface area contributed by atoms with Gasteiger partial charge in [-0.2, -0.15) is 0 Å². The number of anilines is 1. The highest BCUT2D eigenvalue weighted by molar-refractivity contribution is 7.80. The van der Waals surface area contributed by atoms with Gasteiger partial charge in [-0.3, -0.25) is 10.1 Å². The van der Waals surface area contributed by atoms with Crippen LogP contribution in [0.1, 0.15) is 15.2 Å². The summed E-state index contributed by atoms with van der Waals surface area (Å²) in [5, 5.41) is 8.33. The van der Waals surface area contributed by atoms with E-state index in [2.05, 4.69) is 10.6 Å². The maximum atomic E-state index is 11.8. The molecule has 1 amide bonds. The number of benzene rings is 1. The minimum atomic E-state index is -0.216. The van der Waals surface area contributed by atoms with Crippen LogP contribution in [0.4, 0.5) is 5.69 Å². The SMILES string of the molecule is Cc1c(Cl)cccc1NC(=S)NC(=O)c1cccs1. The fourth-order valence-electron chi connectivity index (χ4n) is 1.47. The zero-order valence-corrected chi connectivity index (χ0v) is 12.5. The Kier molecular flexibility index (Phi) is 4.52. The predicted molar refractivity (Wildman–Crippen MR) is 84.2 cm³/mol. The predicted octanol–water partition coefficient (Wildman–Crippen LogP) is 3.84. The number of carbonyl (C=O) groups excluding carboxylic acids is 1. The summed E-state index contributed by atoms with van der Waals surface area (Å²) in [6, 6.07) is 9.03. The quantitative estimate of drug-likeness (QED) is 0.828. The van der Waals surface area contributed by atoms with Gasteiger partial charge in [-0.05, 0) is 48.3 Å². The Morgan fingerprint density at radius 3 is 2.79 bits per heavy atom. The van der Waals surface area contributed by atoms with Gasteiger partial charge in [0.15, 0.2) is 5.11 Å². The van der Waals surface area contributed by atoms with Gasteiger partial charge < -0.3 is 5.32 Å². The average Bonchev–Trinajstić information content (AvgIpc) is 2.88. The third-order valence-corrected chi connectivity index (χ3v) is 3.97. The molecule has 0 aliphatic rings. The van der Waals surface area contributed by atoms with Crippen molar-refractivity contribution in [3.63, 3.8) is 0 Å². The van der Waals surface area contributed by atoms with Crippen molar-refractivity contribution in [3.05, 3.63) is 51.2 Å². The van der Waals surface area contributed by atoms with E-state index in [1.165, 1.54) is 11.3 Å². The van der Waals surface area contributed by atoms with Gasteiger partial charge in [0.05, 0.1) is 4.88 Å². The Balaban J connectivity index is 2.02. The number of hydrogen-bond acceptors (Lipinski definition) is 3. The molecule has 1 aromatic carbocycles. The third kappa shape index (κ3) is 3.53. The Morgan fingerprint density at radius 2 is 2.11 bits per heavy atom. The molecule has 98 valence electrons. The lowest BCUT2D eigenvalue weighted by Gasteiger charge is -2.11. The molecule has 19 heavy (non-hydrogen) atoms. The molecule has 1 heterocycles. The number of hydrogen-bond donors (Lipinski definition) is 2. The van der Waals surface area contributed by atoms with Crippen LogP contribution in [0.5, 0.6) is 0 Å². The van der Waals surface area contributed by atoms with Gasteiger partial charge in [0.2, 0.25) is 0 Å². The number of amides is 1. The van der Waals surface area contributed by atoms with Crippen LogP contribution in [0.3, 0.4) is 0 Å². The zero-order valence-electron chi connectivity index (χ0n) is 10.1. The summed E-state index contributed by atoms with van der Waals surface area (Å²) >= 11 is 12.5. The summed E-state index contributed by atoms with van der Waals surface area (Å²) in [4.78, 5) is 12.4. The first kappa shape index (κ1) is 14.0. The van der Waals surface area contributed by atoms with Crippen LogP contribution in [-0.2, 0) is 0 Å². The zero-order chi connectivity index (χ0) is 13.8. The third-order valence-electron chi connectivity index (χ3n) is 2.49. The maximum Gasteiger partial charge on any atom is 0.267 e. The molecule has 2 aromatic rings. The number of thiophene rings is 1. The van der Waals surface area contributed by atoms with E-state index >= 15 is 0 Å². The molecule has 0 radical (unpaired) electrons. The molecule has 2 rings (SSSR count). The van der Waals surface area contributed by atoms with E-state index in [-0.39, 0.29) is 11.0 Å². The Labute approximate surface area is 125 Å². The molecule has 3 nitrogen and oxygen atoms in total. The van der Waals surface area contributed by atoms with Gasteiger partial charge in [-0.25, -0.2) is 0 Å². The summed E-state index contributed by atoms with van der Waals surface area (Å²) in [6.45, 7) is 1.88. The van der Waals surface area contributed by atoms with Gasteiger partial charge in [0.25, 0.3) is 5.91 Å². The molecule has 0 aliphatic heterocycles. The summed E-state index contributed by atoms with van der Waals surface area (Å²) in [5.74, 6) is -0.216. The first-order valence-electron chi connectivity index (χ1n) is 5.49. The molecule has 0 unspecified atom stereocenters. The second kappa shape index (κ2) is 6.14. The van der Waals surface area contributed by atoms with E-state index in [4.69, 9.17) is 23.8 Å². The molecule has 0 atom stereocenters. The number of carbonyl (C=O) groups is 1. The fourth-order valence-corrected chi connectivity index (χ4v) is 2.47. The van der Waals surface area contributed by atoms with Gasteiger partial charge in [0.1, 0.15) is 0 Å². The fraction of sp³-hybridized carbons (Fsp3) is 0.0769. The summed E-state index contributed by atoms with van der Waals surface area (Å²) in [5.41, 5.74) is 1.67. The molecule has 0 bridgehead atoms. The van der Waals surface area contributed by atoms with E-state index in [0.29, 0.717) is 9.90 Å². The van der Waals surface area contributed by atoms with E-state index in [1.807, 2.05) is 30.5 Å². The summed E-state index contributed by atoms with van der Waals surface area (Å²) < 4.78 is 0. The lowest BCUT2D eigenvalue weighted by Crippen LogP contribution is -2.33. The summed E-state index contributed by atoms with van der Waals surface area (Å²) in [6.07, 6.45) is 0. The highest BCUT2D eigenvalue weighted by Crippen LogP contribution is 2.22. The minimum Gasteiger partial charge on any atom is -0.332 e. The van der Waals surface area contributed by atoms with Crippen molar-refractivity contribution < 1.29 is 4.79 Å². The molecule has 0 saturated heterocycles. The molecule has 0 spiro atoms. The second-order valence-electron chi connectivity index (χ2n) is 3.80. The maximum absolute atomic E-state index is 11.8. The summed E-state index contributed by atoms with van der Waals surface area (Å²) in [7, 11) is 0. The van der Waals surface area contributed by atoms with Crippen LogP contribution in [-0.4, -0.2) is 11.0 Å². The molecule has 0 aliphatic carbocycles. The number of halogens is 1. The van der Waals surface area contributed by atoms with Crippen LogP contribution in [0.2, 0.25) is 5.02 Å². The van der Waals surface area contributed by atoms with E-state index in [1.54, 1.807) is 12.1 Å². The average molecular weight is 311 g/mol. The molecule has 1 aromatic heterocycles. The Bertz CT molecular complexity index is 611. The van der Waals surface area contributed by atoms with Crippen molar-refractivity contribution in [1.82, 2.24) is 5.32 Å². The lowest BCUT2D eigenvalue weighted by molar-refractivity contribution is 0.0981. The highest BCUT2D eigenvalue weighted by Gasteiger charge is 2.09. The number of nitrogens with one attached hydrogen (secondary N) is 2. The van der Waals surface area contributed by atoms with Crippen LogP contribution < -0.4 is 10.6 Å². The topological polar surface area (TPSA) is 41.1 Å². The van der Waals surface area contributed by atoms with Gasteiger partial charge in [-0.1, -0.05) is 23.7 Å². The van der Waals surface area contributed by atoms with Crippen LogP contribution in [0, 0.1) is 6.92 Å². The van der Waals surface area contributed by atoms with Crippen molar-refractivity contribution in [2.24, 2.45) is 0 Å². The second-order valence-corrected chi connectivity index (χ2v) is 5.56. The minimum absolute atomic E-state index is 0.216. The Hall–Kier alpha value is -1.43. The molecular formula is C13H11ClN2OS2. The van der Waals surface area contributed by atoms with Gasteiger partial charge in [-0.15, -0.1) is 11.3 Å². The lowest BCUT2D eigenvalue weighted by atomic mass is 10.2. The Morgan fingerprint density at radius 1 is 1.32 bits per heavy atom. The van der Waals surface area contributed by atoms with Gasteiger partial charge in [0, 0.05) is 10.7 Å². The molecular weight excluding hydrogens is 300 g/mol. The smallest absolute Gasteiger partial charge is 0.267 e. The monoisotopic (exact) mass is 310 g/mol. The van der Waals surface area contributed by atoms with Crippen molar-refractivity contribution in [2.45, 2.75) is 6.92 Å². The van der Waals surface area contributed by atoms with Crippen molar-refractivity contribution >= 4 is 51.9 Å². The first-order chi connectivity index (χ1) is 9.08.